The molecule has 20 heavy (non-hydrogen) atoms. The summed E-state index contributed by atoms with van der Waals surface area (Å²) in [5.74, 6) is 5.72. The Morgan fingerprint density at radius 2 is 2.10 bits per heavy atom. The minimum atomic E-state index is -0.168. The van der Waals surface area contributed by atoms with Crippen molar-refractivity contribution >= 4 is 11.7 Å². The molecular weight excluding hydrogens is 256 g/mol. The summed E-state index contributed by atoms with van der Waals surface area (Å²) in [5, 5.41) is 2.82. The molecule has 0 aliphatic carbocycles. The first-order chi connectivity index (χ1) is 9.27. The number of rotatable bonds is 5. The van der Waals surface area contributed by atoms with Crippen molar-refractivity contribution in [2.24, 2.45) is 5.84 Å². The monoisotopic (exact) mass is 280 g/mol. The van der Waals surface area contributed by atoms with Gasteiger partial charge in [0.25, 0.3) is 5.91 Å². The number of nitrogen functional groups attached to an aromatic ring is 1. The third-order valence-corrected chi connectivity index (χ3v) is 2.96. The van der Waals surface area contributed by atoms with Crippen LogP contribution in [0.3, 0.4) is 0 Å². The fourth-order valence-electron chi connectivity index (χ4n) is 1.54. The van der Waals surface area contributed by atoms with Crippen LogP contribution in [0.15, 0.2) is 12.1 Å². The maximum Gasteiger partial charge on any atom is 0.251 e. The van der Waals surface area contributed by atoms with Crippen molar-refractivity contribution in [3.8, 4) is 0 Å². The Kier molecular flexibility index (Phi) is 5.47. The van der Waals surface area contributed by atoms with E-state index in [0.717, 1.165) is 5.69 Å². The van der Waals surface area contributed by atoms with Gasteiger partial charge in [0.2, 0.25) is 0 Å². The summed E-state index contributed by atoms with van der Waals surface area (Å²) in [7, 11) is 1.61. The Bertz CT molecular complexity index is 469. The minimum Gasteiger partial charge on any atom is -0.380 e. The van der Waals surface area contributed by atoms with E-state index in [-0.39, 0.29) is 17.4 Å². The number of amides is 1. The van der Waals surface area contributed by atoms with Crippen LogP contribution in [0, 0.1) is 0 Å². The molecule has 0 spiro atoms. The number of hydrogen-bond donors (Lipinski definition) is 3. The van der Waals surface area contributed by atoms with Gasteiger partial charge in [0.05, 0.1) is 6.10 Å². The molecule has 1 aromatic rings. The summed E-state index contributed by atoms with van der Waals surface area (Å²) in [6.07, 6.45) is -0.0324. The van der Waals surface area contributed by atoms with Gasteiger partial charge in [-0.05, 0) is 19.1 Å². The van der Waals surface area contributed by atoms with Crippen molar-refractivity contribution in [3.63, 3.8) is 0 Å². The molecule has 0 aliphatic heterocycles. The molecule has 112 valence electrons. The molecule has 1 unspecified atom stereocenters. The van der Waals surface area contributed by atoms with Crippen LogP contribution < -0.4 is 16.6 Å². The minimum absolute atomic E-state index is 0.0324. The zero-order chi connectivity index (χ0) is 15.3. The smallest absolute Gasteiger partial charge is 0.251 e. The molecule has 0 radical (unpaired) electrons. The topological polar surface area (TPSA) is 89.3 Å². The van der Waals surface area contributed by atoms with Crippen molar-refractivity contribution in [1.29, 1.82) is 0 Å². The van der Waals surface area contributed by atoms with E-state index in [1.807, 2.05) is 27.7 Å². The van der Waals surface area contributed by atoms with Crippen LogP contribution in [0.1, 0.15) is 43.7 Å². The lowest BCUT2D eigenvalue weighted by molar-refractivity contribution is 0.0870. The molecular formula is C14H24N4O2. The fourth-order valence-corrected chi connectivity index (χ4v) is 1.54. The average Bonchev–Trinajstić information content (AvgIpc) is 2.42. The second-order valence-corrected chi connectivity index (χ2v) is 5.78. The van der Waals surface area contributed by atoms with Gasteiger partial charge in [-0.25, -0.2) is 10.8 Å². The number of nitrogens with one attached hydrogen (secondary N) is 2. The quantitative estimate of drug-likeness (QED) is 0.561. The van der Waals surface area contributed by atoms with E-state index < -0.39 is 0 Å². The molecule has 0 aromatic carbocycles. The van der Waals surface area contributed by atoms with E-state index in [9.17, 15) is 4.79 Å². The predicted octanol–water partition coefficient (Wildman–Crippen LogP) is 1.43. The lowest BCUT2D eigenvalue weighted by Gasteiger charge is -2.20. The van der Waals surface area contributed by atoms with Gasteiger partial charge in [-0.3, -0.25) is 4.79 Å². The highest BCUT2D eigenvalue weighted by Gasteiger charge is 2.19. The number of carbonyl (C=O) groups excluding carboxylic acids is 1. The highest BCUT2D eigenvalue weighted by molar-refractivity contribution is 5.95. The molecule has 6 heteroatoms. The van der Waals surface area contributed by atoms with Crippen molar-refractivity contribution < 1.29 is 9.53 Å². The van der Waals surface area contributed by atoms with Gasteiger partial charge < -0.3 is 15.5 Å². The first kappa shape index (κ1) is 16.4. The highest BCUT2D eigenvalue weighted by atomic mass is 16.5. The molecule has 0 bridgehead atoms. The van der Waals surface area contributed by atoms with Gasteiger partial charge in [-0.15, -0.1) is 0 Å². The molecule has 0 saturated heterocycles. The standard InChI is InChI=1S/C14H24N4O2/c1-9(20-5)8-16-13(19)10-6-11(14(2,3)4)17-12(7-10)18-15/h6-7,9H,8,15H2,1-5H3,(H,16,19)(H,17,18). The second kappa shape index (κ2) is 6.67. The number of carbonyl (C=O) groups is 1. The van der Waals surface area contributed by atoms with Crippen molar-refractivity contribution in [2.75, 3.05) is 19.1 Å². The lowest BCUT2D eigenvalue weighted by Crippen LogP contribution is -2.32. The van der Waals surface area contributed by atoms with Gasteiger partial charge in [-0.2, -0.15) is 0 Å². The Morgan fingerprint density at radius 3 is 2.60 bits per heavy atom. The second-order valence-electron chi connectivity index (χ2n) is 5.78. The number of hydrogen-bond acceptors (Lipinski definition) is 5. The third kappa shape index (κ3) is 4.47. The molecule has 6 nitrogen and oxygen atoms in total. The molecule has 4 N–H and O–H groups in total. The molecule has 0 aliphatic rings. The number of pyridine rings is 1. The van der Waals surface area contributed by atoms with Gasteiger partial charge >= 0.3 is 0 Å². The van der Waals surface area contributed by atoms with Gasteiger partial charge in [-0.1, -0.05) is 20.8 Å². The summed E-state index contributed by atoms with van der Waals surface area (Å²) in [6.45, 7) is 8.44. The summed E-state index contributed by atoms with van der Waals surface area (Å²) < 4.78 is 5.10. The number of nitrogens with zero attached hydrogens (tertiary/aromatic N) is 1. The number of aromatic nitrogens is 1. The maximum atomic E-state index is 12.1. The van der Waals surface area contributed by atoms with E-state index in [4.69, 9.17) is 10.6 Å². The molecule has 1 amide bonds. The Hall–Kier alpha value is -1.66. The Labute approximate surface area is 120 Å². The Morgan fingerprint density at radius 1 is 1.45 bits per heavy atom. The highest BCUT2D eigenvalue weighted by Crippen LogP contribution is 2.23. The van der Waals surface area contributed by atoms with E-state index >= 15 is 0 Å². The first-order valence-electron chi connectivity index (χ1n) is 6.58. The van der Waals surface area contributed by atoms with E-state index in [0.29, 0.717) is 17.9 Å². The van der Waals surface area contributed by atoms with E-state index in [2.05, 4.69) is 15.7 Å². The van der Waals surface area contributed by atoms with E-state index in [1.165, 1.54) is 0 Å². The molecule has 1 atom stereocenters. The van der Waals surface area contributed by atoms with Crippen LogP contribution in [0.25, 0.3) is 0 Å². The Balaban J connectivity index is 2.96. The van der Waals surface area contributed by atoms with Crippen molar-refractivity contribution in [2.45, 2.75) is 39.2 Å². The lowest BCUT2D eigenvalue weighted by atomic mass is 9.90. The van der Waals surface area contributed by atoms with Crippen LogP contribution >= 0.6 is 0 Å². The third-order valence-electron chi connectivity index (χ3n) is 2.96. The predicted molar refractivity (Wildman–Crippen MR) is 79.6 cm³/mol. The molecule has 1 aromatic heterocycles. The summed E-state index contributed by atoms with van der Waals surface area (Å²) in [4.78, 5) is 16.5. The van der Waals surface area contributed by atoms with Crippen LogP contribution in [0.5, 0.6) is 0 Å². The van der Waals surface area contributed by atoms with Crippen LogP contribution in [-0.4, -0.2) is 30.6 Å². The average molecular weight is 280 g/mol. The normalized spacial score (nSPS) is 12.9. The number of nitrogens with two attached hydrogens (primary N) is 1. The number of anilines is 1. The van der Waals surface area contributed by atoms with Crippen LogP contribution in [-0.2, 0) is 10.2 Å². The molecule has 0 fully saturated rings. The van der Waals surface area contributed by atoms with Crippen molar-refractivity contribution in [3.05, 3.63) is 23.4 Å². The van der Waals surface area contributed by atoms with Crippen LogP contribution in [0.2, 0.25) is 0 Å². The fraction of sp³-hybridized carbons (Fsp3) is 0.571. The molecule has 0 saturated carbocycles. The van der Waals surface area contributed by atoms with Crippen molar-refractivity contribution in [1.82, 2.24) is 10.3 Å². The largest absolute Gasteiger partial charge is 0.380 e. The summed E-state index contributed by atoms with van der Waals surface area (Å²) >= 11 is 0. The zero-order valence-electron chi connectivity index (χ0n) is 12.8. The maximum absolute atomic E-state index is 12.1. The molecule has 1 rings (SSSR count). The van der Waals surface area contributed by atoms with Crippen LogP contribution in [0.4, 0.5) is 5.82 Å². The number of hydrazine groups is 1. The molecule has 1 heterocycles. The summed E-state index contributed by atoms with van der Waals surface area (Å²) in [5.41, 5.74) is 3.66. The summed E-state index contributed by atoms with van der Waals surface area (Å²) in [6, 6.07) is 3.41. The van der Waals surface area contributed by atoms with E-state index in [1.54, 1.807) is 19.2 Å². The number of ether oxygens (including phenoxy) is 1. The SMILES string of the molecule is COC(C)CNC(=O)c1cc(NN)nc(C(C)(C)C)c1. The zero-order valence-corrected chi connectivity index (χ0v) is 12.8. The van der Waals surface area contributed by atoms with Gasteiger partial charge in [0.1, 0.15) is 5.82 Å². The van der Waals surface area contributed by atoms with Gasteiger partial charge in [0, 0.05) is 30.3 Å². The first-order valence-corrected chi connectivity index (χ1v) is 6.58. The van der Waals surface area contributed by atoms with Gasteiger partial charge in [0.15, 0.2) is 0 Å². The number of methoxy groups -OCH3 is 1.